The third-order valence-corrected chi connectivity index (χ3v) is 13.9. The lowest BCUT2D eigenvalue weighted by atomic mass is 9.75. The lowest BCUT2D eigenvalue weighted by Crippen LogP contribution is -2.41. The van der Waals surface area contributed by atoms with Gasteiger partial charge in [-0.3, -0.25) is 0 Å². The molecule has 0 atom stereocenters. The van der Waals surface area contributed by atoms with E-state index in [0.29, 0.717) is 0 Å². The third kappa shape index (κ3) is 6.20. The highest BCUT2D eigenvalue weighted by molar-refractivity contribution is 6.66. The molecule has 6 nitrogen and oxygen atoms in total. The average molecular weight is 758 g/mol. The molecule has 0 unspecified atom stereocenters. The second kappa shape index (κ2) is 12.8. The van der Waals surface area contributed by atoms with Gasteiger partial charge < -0.3 is 27.9 Å². The van der Waals surface area contributed by atoms with Crippen LogP contribution in [-0.4, -0.2) is 55.0 Å². The van der Waals surface area contributed by atoms with Crippen molar-refractivity contribution in [2.24, 2.45) is 0 Å². The number of hydrogen-bond donors (Lipinski definition) is 0. The maximum absolute atomic E-state index is 6.33. The number of benzene rings is 7. The second-order valence-electron chi connectivity index (χ2n) is 19.3. The van der Waals surface area contributed by atoms with E-state index < -0.39 is 0 Å². The molecule has 7 aromatic carbocycles. The van der Waals surface area contributed by atoms with Gasteiger partial charge in [0.2, 0.25) is 0 Å². The molecule has 3 aliphatic rings. The monoisotopic (exact) mass is 758 g/mol. The summed E-state index contributed by atoms with van der Waals surface area (Å²) in [4.78, 5) is 0. The summed E-state index contributed by atoms with van der Waals surface area (Å²) in [6, 6.07) is 36.8. The van der Waals surface area contributed by atoms with Crippen LogP contribution in [0.4, 0.5) is 0 Å². The zero-order valence-corrected chi connectivity index (χ0v) is 35.5. The first-order chi connectivity index (χ1) is 26.7. The van der Waals surface area contributed by atoms with Gasteiger partial charge in [0.15, 0.2) is 0 Å². The minimum absolute atomic E-state index is 0.329. The van der Waals surface area contributed by atoms with Crippen LogP contribution in [0.1, 0.15) is 83.1 Å². The van der Waals surface area contributed by atoms with Gasteiger partial charge in [0.25, 0.3) is 0 Å². The Morgan fingerprint density at radius 1 is 0.316 bits per heavy atom. The summed E-state index contributed by atoms with van der Waals surface area (Å²) >= 11 is 0. The van der Waals surface area contributed by atoms with Crippen LogP contribution in [0.5, 0.6) is 0 Å². The highest BCUT2D eigenvalue weighted by Gasteiger charge is 2.54. The molecule has 0 spiro atoms. The van der Waals surface area contributed by atoms with Gasteiger partial charge in [-0.2, -0.15) is 0 Å². The summed E-state index contributed by atoms with van der Waals surface area (Å²) in [5.74, 6) is 0. The maximum atomic E-state index is 6.33. The summed E-state index contributed by atoms with van der Waals surface area (Å²) in [7, 11) is -1.08. The zero-order valence-electron chi connectivity index (χ0n) is 35.5. The van der Waals surface area contributed by atoms with E-state index in [1.54, 1.807) is 0 Å². The molecule has 9 heteroatoms. The van der Waals surface area contributed by atoms with Crippen molar-refractivity contribution in [3.63, 3.8) is 0 Å². The number of rotatable bonds is 3. The van der Waals surface area contributed by atoms with Crippen molar-refractivity contribution < 1.29 is 27.9 Å². The third-order valence-electron chi connectivity index (χ3n) is 13.9. The average Bonchev–Trinajstić information content (AvgIpc) is 3.62. The molecule has 0 saturated carbocycles. The molecule has 0 aromatic heterocycles. The Kier molecular flexibility index (Phi) is 8.64. The lowest BCUT2D eigenvalue weighted by molar-refractivity contribution is 0.00578. The molecule has 0 bridgehead atoms. The molecule has 3 heterocycles. The van der Waals surface area contributed by atoms with E-state index in [2.05, 4.69) is 186 Å². The van der Waals surface area contributed by atoms with Gasteiger partial charge in [-0.1, -0.05) is 103 Å². The smallest absolute Gasteiger partial charge is 0.399 e. The van der Waals surface area contributed by atoms with Crippen LogP contribution >= 0.6 is 0 Å². The van der Waals surface area contributed by atoms with Crippen LogP contribution in [0.15, 0.2) is 103 Å². The zero-order chi connectivity index (χ0) is 40.5. The molecule has 290 valence electrons. The summed E-state index contributed by atoms with van der Waals surface area (Å²) < 4.78 is 37.9. The van der Waals surface area contributed by atoms with Crippen LogP contribution in [-0.2, 0) is 27.9 Å². The minimum atomic E-state index is -0.373. The first kappa shape index (κ1) is 38.6. The maximum Gasteiger partial charge on any atom is 0.495 e. The Bertz CT molecular complexity index is 2480. The first-order valence-corrected chi connectivity index (χ1v) is 20.4. The minimum Gasteiger partial charge on any atom is -0.399 e. The Labute approximate surface area is 338 Å². The fourth-order valence-electron chi connectivity index (χ4n) is 8.36. The van der Waals surface area contributed by atoms with E-state index in [0.717, 1.165) is 16.4 Å². The summed E-state index contributed by atoms with van der Waals surface area (Å²) in [6.45, 7) is 25.1. The summed E-state index contributed by atoms with van der Waals surface area (Å²) in [6.07, 6.45) is 0. The van der Waals surface area contributed by atoms with E-state index in [-0.39, 0.29) is 55.0 Å². The van der Waals surface area contributed by atoms with E-state index in [9.17, 15) is 0 Å². The van der Waals surface area contributed by atoms with Crippen molar-refractivity contribution >= 4 is 91.6 Å². The van der Waals surface area contributed by atoms with Crippen LogP contribution in [0, 0.1) is 0 Å². The molecule has 10 rings (SSSR count). The van der Waals surface area contributed by atoms with Gasteiger partial charge in [0, 0.05) is 0 Å². The molecular weight excluding hydrogens is 705 g/mol. The van der Waals surface area contributed by atoms with E-state index in [1.165, 1.54) is 53.9 Å². The fourth-order valence-corrected chi connectivity index (χ4v) is 8.36. The lowest BCUT2D eigenvalue weighted by Gasteiger charge is -2.32. The van der Waals surface area contributed by atoms with Gasteiger partial charge >= 0.3 is 21.4 Å². The van der Waals surface area contributed by atoms with Gasteiger partial charge in [-0.05, 0) is 153 Å². The molecule has 57 heavy (non-hydrogen) atoms. The molecule has 0 amide bonds. The van der Waals surface area contributed by atoms with Crippen molar-refractivity contribution in [3.8, 4) is 0 Å². The predicted molar refractivity (Wildman–Crippen MR) is 239 cm³/mol. The van der Waals surface area contributed by atoms with Crippen molar-refractivity contribution in [2.45, 2.75) is 117 Å². The molecule has 0 N–H and O–H groups in total. The fraction of sp³-hybridized carbons (Fsp3) is 0.375. The summed E-state index contributed by atoms with van der Waals surface area (Å²) in [5.41, 5.74) is 1.12. The molecule has 0 radical (unpaired) electrons. The quantitative estimate of drug-likeness (QED) is 0.132. The van der Waals surface area contributed by atoms with Gasteiger partial charge in [-0.15, -0.1) is 0 Å². The molecular formula is C48H53B3O6. The predicted octanol–water partition coefficient (Wildman–Crippen LogP) is 9.47. The first-order valence-electron chi connectivity index (χ1n) is 20.4. The molecule has 0 aliphatic carbocycles. The number of fused-ring (bicyclic) bond motifs is 3. The van der Waals surface area contributed by atoms with Crippen LogP contribution in [0.25, 0.3) is 53.9 Å². The van der Waals surface area contributed by atoms with E-state index in [1.807, 2.05) is 0 Å². The SMILES string of the molecule is CC1(C)OB(c2cc3ccc4cc(B5OC(C)(C)C(C)(C)O5)cc5ccc(c2)c3c45)OC1(C)C.CC1(C)OB(c2cc3ccccc3c3ccccc23)OC1(C)C. The van der Waals surface area contributed by atoms with Crippen molar-refractivity contribution in [2.75, 3.05) is 0 Å². The normalized spacial score (nSPS) is 21.6. The van der Waals surface area contributed by atoms with Gasteiger partial charge in [0.05, 0.1) is 33.6 Å². The van der Waals surface area contributed by atoms with Crippen LogP contribution in [0.2, 0.25) is 0 Å². The second-order valence-corrected chi connectivity index (χ2v) is 19.3. The standard InChI is InChI=1S/C28H32B2O4.C20H21BO2/c1-25(2)26(3,4)32-29(31-25)21-13-17-9-11-19-15-22(30-33-27(5,6)28(7,8)34-30)16-20-12-10-18(14-21)23(17)24(19)20;1-19(2)20(3,4)23-21(22-19)18-13-14-9-5-6-10-15(14)16-11-7-8-12-17(16)18/h9-16H,1-8H3;5-13H,1-4H3. The Morgan fingerprint density at radius 3 is 1.02 bits per heavy atom. The topological polar surface area (TPSA) is 55.4 Å². The highest BCUT2D eigenvalue weighted by Crippen LogP contribution is 2.41. The van der Waals surface area contributed by atoms with Crippen molar-refractivity contribution in [3.05, 3.63) is 103 Å². The molecule has 3 saturated heterocycles. The van der Waals surface area contributed by atoms with Crippen molar-refractivity contribution in [1.29, 1.82) is 0 Å². The molecule has 3 aliphatic heterocycles. The van der Waals surface area contributed by atoms with Gasteiger partial charge in [-0.25, -0.2) is 0 Å². The van der Waals surface area contributed by atoms with E-state index >= 15 is 0 Å². The largest absolute Gasteiger partial charge is 0.495 e. The molecule has 3 fully saturated rings. The highest BCUT2D eigenvalue weighted by atomic mass is 16.7. The Morgan fingerprint density at radius 2 is 0.632 bits per heavy atom. The molecule has 7 aromatic rings. The summed E-state index contributed by atoms with van der Waals surface area (Å²) in [5, 5.41) is 12.3. The number of hydrogen-bond acceptors (Lipinski definition) is 6. The van der Waals surface area contributed by atoms with Crippen LogP contribution < -0.4 is 16.4 Å². The van der Waals surface area contributed by atoms with Crippen LogP contribution in [0.3, 0.4) is 0 Å². The van der Waals surface area contributed by atoms with Crippen molar-refractivity contribution in [1.82, 2.24) is 0 Å². The Balaban J connectivity index is 0.000000160. The van der Waals surface area contributed by atoms with Gasteiger partial charge in [0.1, 0.15) is 0 Å². The van der Waals surface area contributed by atoms with E-state index in [4.69, 9.17) is 27.9 Å². The Hall–Kier alpha value is -3.95.